The average molecular weight is 250 g/mol. The van der Waals surface area contributed by atoms with E-state index in [9.17, 15) is 4.79 Å². The molecule has 0 radical (unpaired) electrons. The maximum absolute atomic E-state index is 10.9. The highest BCUT2D eigenvalue weighted by Gasteiger charge is 2.06. The highest BCUT2D eigenvalue weighted by molar-refractivity contribution is 5.75. The Balaban J connectivity index is 2.06. The lowest BCUT2D eigenvalue weighted by Gasteiger charge is -2.05. The average Bonchev–Trinajstić information content (AvgIpc) is 2.84. The molecule has 0 aliphatic heterocycles. The summed E-state index contributed by atoms with van der Waals surface area (Å²) in [5.41, 5.74) is 4.18. The van der Waals surface area contributed by atoms with Gasteiger partial charge in [0.25, 0.3) is 0 Å². The monoisotopic (exact) mass is 250 g/mol. The minimum atomic E-state index is 0.663. The molecule has 0 saturated heterocycles. The molecule has 0 atom stereocenters. The minimum Gasteiger partial charge on any atom is -0.303 e. The van der Waals surface area contributed by atoms with Crippen LogP contribution in [-0.4, -0.2) is 15.7 Å². The van der Waals surface area contributed by atoms with Gasteiger partial charge in [0.1, 0.15) is 5.82 Å². The van der Waals surface area contributed by atoms with Crippen LogP contribution in [0, 0.1) is 6.92 Å². The van der Waals surface area contributed by atoms with E-state index in [-0.39, 0.29) is 0 Å². The molecule has 3 nitrogen and oxygen atoms in total. The first-order valence-electron chi connectivity index (χ1n) is 6.23. The number of imidazole rings is 1. The Labute approximate surface area is 111 Å². The Bertz CT molecular complexity index is 743. The van der Waals surface area contributed by atoms with Crippen LogP contribution >= 0.6 is 0 Å². The lowest BCUT2D eigenvalue weighted by molar-refractivity contribution is 0.112. The van der Waals surface area contributed by atoms with Gasteiger partial charge in [-0.15, -0.1) is 0 Å². The molecule has 0 fully saturated rings. The molecule has 3 rings (SSSR count). The molecule has 2 aromatic heterocycles. The summed E-state index contributed by atoms with van der Waals surface area (Å²) < 4.78 is 1.98. The third-order valence-electron chi connectivity index (χ3n) is 3.37. The van der Waals surface area contributed by atoms with Gasteiger partial charge in [-0.3, -0.25) is 4.79 Å². The second kappa shape index (κ2) is 4.69. The Hall–Kier alpha value is -2.42. The number of aldehydes is 1. The van der Waals surface area contributed by atoms with E-state index in [1.807, 2.05) is 41.1 Å². The van der Waals surface area contributed by atoms with E-state index < -0.39 is 0 Å². The number of aromatic nitrogens is 2. The Morgan fingerprint density at radius 1 is 1.21 bits per heavy atom. The molecule has 1 aromatic carbocycles. The van der Waals surface area contributed by atoms with Crippen LogP contribution < -0.4 is 0 Å². The lowest BCUT2D eigenvalue weighted by atomic mass is 10.1. The van der Waals surface area contributed by atoms with Gasteiger partial charge in [0.15, 0.2) is 6.29 Å². The Morgan fingerprint density at radius 2 is 2.05 bits per heavy atom. The molecule has 19 heavy (non-hydrogen) atoms. The first-order chi connectivity index (χ1) is 9.28. The van der Waals surface area contributed by atoms with E-state index in [0.717, 1.165) is 24.0 Å². The molecule has 0 aliphatic carbocycles. The molecule has 0 aliphatic rings. The smallest absolute Gasteiger partial charge is 0.151 e. The SMILES string of the molecule is Cc1ccccc1Cc1ncc2ccc(C=O)cn12. The van der Waals surface area contributed by atoms with Gasteiger partial charge >= 0.3 is 0 Å². The van der Waals surface area contributed by atoms with Crippen LogP contribution in [0.5, 0.6) is 0 Å². The third kappa shape index (κ3) is 2.15. The number of carbonyl (C=O) groups is 1. The van der Waals surface area contributed by atoms with E-state index in [2.05, 4.69) is 24.0 Å². The molecule has 3 aromatic rings. The van der Waals surface area contributed by atoms with Gasteiger partial charge in [-0.2, -0.15) is 0 Å². The summed E-state index contributed by atoms with van der Waals surface area (Å²) in [6.45, 7) is 2.10. The fourth-order valence-electron chi connectivity index (χ4n) is 2.24. The maximum atomic E-state index is 10.9. The summed E-state index contributed by atoms with van der Waals surface area (Å²) in [6, 6.07) is 12.0. The van der Waals surface area contributed by atoms with Crippen molar-refractivity contribution in [3.8, 4) is 0 Å². The van der Waals surface area contributed by atoms with Crippen molar-refractivity contribution in [2.24, 2.45) is 0 Å². The van der Waals surface area contributed by atoms with Gasteiger partial charge in [-0.05, 0) is 30.2 Å². The zero-order valence-electron chi connectivity index (χ0n) is 10.7. The summed E-state index contributed by atoms with van der Waals surface area (Å²) in [5.74, 6) is 0.952. The first-order valence-corrected chi connectivity index (χ1v) is 6.23. The molecule has 2 heterocycles. The Morgan fingerprint density at radius 3 is 2.84 bits per heavy atom. The van der Waals surface area contributed by atoms with E-state index in [4.69, 9.17) is 0 Å². The molecule has 0 unspecified atom stereocenters. The predicted molar refractivity (Wildman–Crippen MR) is 74.6 cm³/mol. The standard InChI is InChI=1S/C16H14N2O/c1-12-4-2-3-5-14(12)8-16-17-9-15-7-6-13(11-19)10-18(15)16/h2-7,9-11H,8H2,1H3. The van der Waals surface area contributed by atoms with E-state index in [0.29, 0.717) is 5.56 Å². The second-order valence-electron chi connectivity index (χ2n) is 4.65. The topological polar surface area (TPSA) is 34.4 Å². The van der Waals surface area contributed by atoms with Crippen molar-refractivity contribution >= 4 is 11.8 Å². The molecule has 0 amide bonds. The van der Waals surface area contributed by atoms with E-state index >= 15 is 0 Å². The number of nitrogens with zero attached hydrogens (tertiary/aromatic N) is 2. The number of carbonyl (C=O) groups excluding carboxylic acids is 1. The van der Waals surface area contributed by atoms with Crippen molar-refractivity contribution in [3.63, 3.8) is 0 Å². The van der Waals surface area contributed by atoms with Crippen LogP contribution in [-0.2, 0) is 6.42 Å². The first kappa shape index (κ1) is 11.7. The van der Waals surface area contributed by atoms with Gasteiger partial charge in [0, 0.05) is 18.2 Å². The van der Waals surface area contributed by atoms with Crippen LogP contribution in [0.1, 0.15) is 27.3 Å². The summed E-state index contributed by atoms with van der Waals surface area (Å²) >= 11 is 0. The summed E-state index contributed by atoms with van der Waals surface area (Å²) in [6.07, 6.45) is 5.30. The molecule has 94 valence electrons. The Kier molecular flexibility index (Phi) is 2.88. The molecular weight excluding hydrogens is 236 g/mol. The largest absolute Gasteiger partial charge is 0.303 e. The molecule has 0 N–H and O–H groups in total. The fraction of sp³-hybridized carbons (Fsp3) is 0.125. The van der Waals surface area contributed by atoms with Gasteiger partial charge < -0.3 is 4.40 Å². The van der Waals surface area contributed by atoms with Crippen LogP contribution in [0.2, 0.25) is 0 Å². The minimum absolute atomic E-state index is 0.663. The lowest BCUT2D eigenvalue weighted by Crippen LogP contribution is -1.99. The van der Waals surface area contributed by atoms with Gasteiger partial charge in [-0.1, -0.05) is 24.3 Å². The zero-order chi connectivity index (χ0) is 13.2. The number of benzene rings is 1. The highest BCUT2D eigenvalue weighted by atomic mass is 16.1. The predicted octanol–water partition coefficient (Wildman–Crippen LogP) is 3.05. The summed E-state index contributed by atoms with van der Waals surface area (Å²) in [7, 11) is 0. The van der Waals surface area contributed by atoms with Gasteiger partial charge in [0.05, 0.1) is 11.7 Å². The van der Waals surface area contributed by atoms with Gasteiger partial charge in [0.2, 0.25) is 0 Å². The second-order valence-corrected chi connectivity index (χ2v) is 4.65. The number of pyridine rings is 1. The van der Waals surface area contributed by atoms with Crippen molar-refractivity contribution in [2.45, 2.75) is 13.3 Å². The molecule has 0 bridgehead atoms. The quantitative estimate of drug-likeness (QED) is 0.669. The number of hydrogen-bond acceptors (Lipinski definition) is 2. The van der Waals surface area contributed by atoms with Crippen molar-refractivity contribution in [1.29, 1.82) is 0 Å². The normalized spacial score (nSPS) is 10.8. The molecular formula is C16H14N2O. The van der Waals surface area contributed by atoms with Gasteiger partial charge in [-0.25, -0.2) is 4.98 Å². The number of rotatable bonds is 3. The zero-order valence-corrected chi connectivity index (χ0v) is 10.7. The summed E-state index contributed by atoms with van der Waals surface area (Å²) in [4.78, 5) is 15.3. The molecule has 0 saturated carbocycles. The van der Waals surface area contributed by atoms with Crippen LogP contribution in [0.3, 0.4) is 0 Å². The third-order valence-corrected chi connectivity index (χ3v) is 3.37. The molecule has 0 spiro atoms. The van der Waals surface area contributed by atoms with E-state index in [1.165, 1.54) is 11.1 Å². The van der Waals surface area contributed by atoms with Crippen LogP contribution in [0.4, 0.5) is 0 Å². The van der Waals surface area contributed by atoms with Crippen molar-refractivity contribution in [1.82, 2.24) is 9.38 Å². The number of fused-ring (bicyclic) bond motifs is 1. The maximum Gasteiger partial charge on any atom is 0.151 e. The van der Waals surface area contributed by atoms with Crippen LogP contribution in [0.25, 0.3) is 5.52 Å². The van der Waals surface area contributed by atoms with Crippen LogP contribution in [0.15, 0.2) is 48.8 Å². The summed E-state index contributed by atoms with van der Waals surface area (Å²) in [5, 5.41) is 0. The van der Waals surface area contributed by atoms with Crippen molar-refractivity contribution in [2.75, 3.05) is 0 Å². The fourth-order valence-corrected chi connectivity index (χ4v) is 2.24. The molecule has 3 heteroatoms. The van der Waals surface area contributed by atoms with Crippen molar-refractivity contribution in [3.05, 3.63) is 71.3 Å². The van der Waals surface area contributed by atoms with E-state index in [1.54, 1.807) is 0 Å². The highest BCUT2D eigenvalue weighted by Crippen LogP contribution is 2.15. The number of hydrogen-bond donors (Lipinski definition) is 0. The number of aryl methyl sites for hydroxylation is 1. The van der Waals surface area contributed by atoms with Crippen molar-refractivity contribution < 1.29 is 4.79 Å².